The maximum Gasteiger partial charge on any atom is 0.235 e. The van der Waals surface area contributed by atoms with Crippen LogP contribution in [0.1, 0.15) is 13.3 Å². The van der Waals surface area contributed by atoms with Gasteiger partial charge in [0.15, 0.2) is 15.0 Å². The summed E-state index contributed by atoms with van der Waals surface area (Å²) in [6, 6.07) is 19.7. The lowest BCUT2D eigenvalue weighted by molar-refractivity contribution is -0.130. The zero-order valence-corrected chi connectivity index (χ0v) is 19.1. The highest BCUT2D eigenvalue weighted by atomic mass is 32.2. The largest absolute Gasteiger partial charge is 0.341 e. The van der Waals surface area contributed by atoms with E-state index in [1.807, 2.05) is 67.6 Å². The molecule has 0 saturated carbocycles. The number of H-pyrrole nitrogens is 1. The molecule has 1 aliphatic rings. The van der Waals surface area contributed by atoms with E-state index in [1.165, 1.54) is 11.8 Å². The van der Waals surface area contributed by atoms with Gasteiger partial charge in [-0.1, -0.05) is 72.4 Å². The molecule has 1 amide bonds. The molecule has 0 spiro atoms. The van der Waals surface area contributed by atoms with Gasteiger partial charge in [0.2, 0.25) is 5.91 Å². The average molecular weight is 456 g/mol. The molecule has 2 heterocycles. The molecule has 6 nitrogen and oxygen atoms in total. The lowest BCUT2D eigenvalue weighted by Crippen LogP contribution is -2.41. The zero-order valence-electron chi connectivity index (χ0n) is 17.5. The lowest BCUT2D eigenvalue weighted by atomic mass is 10.1. The van der Waals surface area contributed by atoms with Crippen LogP contribution in [-0.2, 0) is 14.6 Å². The van der Waals surface area contributed by atoms with Gasteiger partial charge in [-0.2, -0.15) is 0 Å². The van der Waals surface area contributed by atoms with Gasteiger partial charge in [0.1, 0.15) is 0 Å². The van der Waals surface area contributed by atoms with Gasteiger partial charge >= 0.3 is 0 Å². The smallest absolute Gasteiger partial charge is 0.235 e. The number of amides is 1. The Hall–Kier alpha value is -2.58. The first-order valence-electron chi connectivity index (χ1n) is 10.2. The van der Waals surface area contributed by atoms with E-state index in [9.17, 15) is 13.2 Å². The first-order valence-corrected chi connectivity index (χ1v) is 12.9. The SMILES string of the molecule is C[C@H](Sc1nc(-c2ccccc2)c(-c2ccccc2)[nH]1)C(=O)N(C)[C@H]1CCS(=O)(=O)C1. The fourth-order valence-corrected chi connectivity index (χ4v) is 6.47. The number of imidazole rings is 1. The van der Waals surface area contributed by atoms with Crippen molar-refractivity contribution in [3.8, 4) is 22.5 Å². The molecule has 2 aromatic carbocycles. The minimum Gasteiger partial charge on any atom is -0.341 e. The van der Waals surface area contributed by atoms with Gasteiger partial charge in [-0.3, -0.25) is 4.79 Å². The number of carbonyl (C=O) groups excluding carboxylic acids is 1. The molecule has 1 saturated heterocycles. The summed E-state index contributed by atoms with van der Waals surface area (Å²) < 4.78 is 23.6. The number of hydrogen-bond acceptors (Lipinski definition) is 5. The summed E-state index contributed by atoms with van der Waals surface area (Å²) in [4.78, 5) is 22.7. The Bertz CT molecular complexity index is 1100. The number of thioether (sulfide) groups is 1. The van der Waals surface area contributed by atoms with Gasteiger partial charge in [-0.15, -0.1) is 0 Å². The number of nitrogens with one attached hydrogen (secondary N) is 1. The van der Waals surface area contributed by atoms with E-state index < -0.39 is 15.1 Å². The van der Waals surface area contributed by atoms with E-state index in [0.717, 1.165) is 22.5 Å². The van der Waals surface area contributed by atoms with Crippen molar-refractivity contribution in [1.29, 1.82) is 0 Å². The molecule has 0 aliphatic carbocycles. The van der Waals surface area contributed by atoms with E-state index in [1.54, 1.807) is 11.9 Å². The van der Waals surface area contributed by atoms with Crippen molar-refractivity contribution in [2.75, 3.05) is 18.6 Å². The summed E-state index contributed by atoms with van der Waals surface area (Å²) in [5.74, 6) is 0.102. The minimum atomic E-state index is -3.04. The summed E-state index contributed by atoms with van der Waals surface area (Å²) in [7, 11) is -1.35. The van der Waals surface area contributed by atoms with E-state index >= 15 is 0 Å². The highest BCUT2D eigenvalue weighted by Gasteiger charge is 2.34. The molecule has 1 aliphatic heterocycles. The monoisotopic (exact) mass is 455 g/mol. The van der Waals surface area contributed by atoms with Crippen molar-refractivity contribution < 1.29 is 13.2 Å². The second-order valence-electron chi connectivity index (χ2n) is 7.76. The second-order valence-corrected chi connectivity index (χ2v) is 11.3. The molecular formula is C23H25N3O3S2. The van der Waals surface area contributed by atoms with Crippen molar-refractivity contribution in [3.63, 3.8) is 0 Å². The summed E-state index contributed by atoms with van der Waals surface area (Å²) in [6.07, 6.45) is 0.499. The first-order chi connectivity index (χ1) is 14.8. The Kier molecular flexibility index (Phi) is 6.20. The van der Waals surface area contributed by atoms with Crippen LogP contribution in [0.3, 0.4) is 0 Å². The molecule has 1 aromatic heterocycles. The lowest BCUT2D eigenvalue weighted by Gasteiger charge is -2.25. The number of aromatic nitrogens is 2. The van der Waals surface area contributed by atoms with Gasteiger partial charge in [0.25, 0.3) is 0 Å². The summed E-state index contributed by atoms with van der Waals surface area (Å²) in [5, 5.41) is 0.262. The van der Waals surface area contributed by atoms with E-state index in [-0.39, 0.29) is 23.5 Å². The topological polar surface area (TPSA) is 83.1 Å². The fourth-order valence-electron chi connectivity index (χ4n) is 3.79. The van der Waals surface area contributed by atoms with Crippen molar-refractivity contribution >= 4 is 27.5 Å². The number of sulfone groups is 1. The van der Waals surface area contributed by atoms with Gasteiger partial charge in [-0.25, -0.2) is 13.4 Å². The molecule has 0 radical (unpaired) electrons. The van der Waals surface area contributed by atoms with Crippen molar-refractivity contribution in [3.05, 3.63) is 60.7 Å². The van der Waals surface area contributed by atoms with Gasteiger partial charge in [0.05, 0.1) is 28.1 Å². The van der Waals surface area contributed by atoms with Crippen LogP contribution < -0.4 is 0 Å². The fraction of sp³-hybridized carbons (Fsp3) is 0.304. The molecule has 8 heteroatoms. The van der Waals surface area contributed by atoms with Crippen LogP contribution in [0.4, 0.5) is 0 Å². The number of aromatic amines is 1. The number of carbonyl (C=O) groups is 1. The highest BCUT2D eigenvalue weighted by Crippen LogP contribution is 2.34. The Labute approximate surface area is 187 Å². The Morgan fingerprint density at radius 1 is 1.10 bits per heavy atom. The van der Waals surface area contributed by atoms with Crippen LogP contribution in [-0.4, -0.2) is 59.0 Å². The normalized spacial score (nSPS) is 18.6. The van der Waals surface area contributed by atoms with Crippen molar-refractivity contribution in [2.45, 2.75) is 29.8 Å². The third-order valence-corrected chi connectivity index (χ3v) is 8.25. The predicted octanol–water partition coefficient (Wildman–Crippen LogP) is 3.87. The van der Waals surface area contributed by atoms with Crippen LogP contribution >= 0.6 is 11.8 Å². The van der Waals surface area contributed by atoms with Crippen molar-refractivity contribution in [2.24, 2.45) is 0 Å². The van der Waals surface area contributed by atoms with Gasteiger partial charge in [0, 0.05) is 24.2 Å². The number of nitrogens with zero attached hydrogens (tertiary/aromatic N) is 2. The predicted molar refractivity (Wildman–Crippen MR) is 125 cm³/mol. The van der Waals surface area contributed by atoms with Crippen LogP contribution in [0.5, 0.6) is 0 Å². The molecule has 4 rings (SSSR count). The maximum absolute atomic E-state index is 12.9. The summed E-state index contributed by atoms with van der Waals surface area (Å²) in [6.45, 7) is 1.83. The molecule has 3 aromatic rings. The zero-order chi connectivity index (χ0) is 22.0. The molecular weight excluding hydrogens is 430 g/mol. The van der Waals surface area contributed by atoms with Gasteiger partial charge in [-0.05, 0) is 13.3 Å². The van der Waals surface area contributed by atoms with E-state index in [0.29, 0.717) is 11.6 Å². The number of rotatable bonds is 6. The third kappa shape index (κ3) is 4.85. The van der Waals surface area contributed by atoms with Crippen LogP contribution in [0.15, 0.2) is 65.8 Å². The summed E-state index contributed by atoms with van der Waals surface area (Å²) in [5.41, 5.74) is 3.76. The molecule has 2 atom stereocenters. The van der Waals surface area contributed by atoms with E-state index in [4.69, 9.17) is 4.98 Å². The molecule has 162 valence electrons. The molecule has 0 unspecified atom stereocenters. The number of benzene rings is 2. The van der Waals surface area contributed by atoms with Crippen molar-refractivity contribution in [1.82, 2.24) is 14.9 Å². The Morgan fingerprint density at radius 2 is 1.71 bits per heavy atom. The first kappa shape index (κ1) is 21.6. The average Bonchev–Trinajstić information content (AvgIpc) is 3.37. The third-order valence-electron chi connectivity index (χ3n) is 5.53. The van der Waals surface area contributed by atoms with Crippen LogP contribution in [0, 0.1) is 0 Å². The number of hydrogen-bond donors (Lipinski definition) is 1. The van der Waals surface area contributed by atoms with Crippen LogP contribution in [0.25, 0.3) is 22.5 Å². The standard InChI is InChI=1S/C23H25N3O3S2/c1-16(22(27)26(2)19-13-14-31(28,29)15-19)30-23-24-20(17-9-5-3-6-10-17)21(25-23)18-11-7-4-8-12-18/h3-12,16,19H,13-15H2,1-2H3,(H,24,25)/t16-,19-/m0/s1. The maximum atomic E-state index is 12.9. The molecule has 1 fully saturated rings. The Balaban J connectivity index is 1.57. The molecule has 31 heavy (non-hydrogen) atoms. The molecule has 0 bridgehead atoms. The van der Waals surface area contributed by atoms with Gasteiger partial charge < -0.3 is 9.88 Å². The van der Waals surface area contributed by atoms with E-state index in [2.05, 4.69) is 4.98 Å². The summed E-state index contributed by atoms with van der Waals surface area (Å²) >= 11 is 1.36. The second kappa shape index (κ2) is 8.88. The quantitative estimate of drug-likeness (QED) is 0.571. The minimum absolute atomic E-state index is 0.0453. The Morgan fingerprint density at radius 3 is 2.29 bits per heavy atom. The highest BCUT2D eigenvalue weighted by molar-refractivity contribution is 8.00. The molecule has 1 N–H and O–H groups in total. The van der Waals surface area contributed by atoms with Crippen LogP contribution in [0.2, 0.25) is 0 Å².